The lowest BCUT2D eigenvalue weighted by Gasteiger charge is -2.34. The Balaban J connectivity index is 1.51. The number of benzene rings is 2. The van der Waals surface area contributed by atoms with Crippen LogP contribution in [0.3, 0.4) is 0 Å². The average molecular weight is 370 g/mol. The van der Waals surface area contributed by atoms with Crippen molar-refractivity contribution < 1.29 is 9.15 Å². The molecule has 0 amide bonds. The fourth-order valence-electron chi connectivity index (χ4n) is 3.34. The molecule has 1 aromatic heterocycles. The summed E-state index contributed by atoms with van der Waals surface area (Å²) in [5.41, 5.74) is 2.66. The van der Waals surface area contributed by atoms with E-state index in [9.17, 15) is 0 Å². The molecule has 26 heavy (non-hydrogen) atoms. The van der Waals surface area contributed by atoms with Gasteiger partial charge >= 0.3 is 0 Å². The highest BCUT2D eigenvalue weighted by atomic mass is 35.5. The zero-order valence-electron chi connectivity index (χ0n) is 14.6. The summed E-state index contributed by atoms with van der Waals surface area (Å²) in [4.78, 5) is 2.33. The molecule has 1 atom stereocenters. The quantitative estimate of drug-likeness (QED) is 0.674. The van der Waals surface area contributed by atoms with E-state index in [1.807, 2.05) is 31.2 Å². The second-order valence-corrected chi connectivity index (χ2v) is 6.80. The Bertz CT molecular complexity index is 896. The number of aryl methyl sites for hydroxylation is 1. The highest BCUT2D eigenvalue weighted by Crippen LogP contribution is 2.32. The molecule has 6 heteroatoms. The van der Waals surface area contributed by atoms with E-state index in [2.05, 4.69) is 39.4 Å². The Labute approximate surface area is 157 Å². The van der Waals surface area contributed by atoms with Crippen LogP contribution in [0, 0.1) is 6.92 Å². The molecule has 2 heterocycles. The first kappa shape index (κ1) is 17.1. The van der Waals surface area contributed by atoms with Crippen molar-refractivity contribution in [2.75, 3.05) is 13.2 Å². The number of nitrogens with zero attached hydrogens (tertiary/aromatic N) is 3. The predicted molar refractivity (Wildman–Crippen MR) is 99.3 cm³/mol. The fraction of sp³-hybridized carbons (Fsp3) is 0.300. The SMILES string of the molecule is Cc1nnc(C2Cc3ccccc3CN2CCOc2ccccc2Cl)o1. The van der Waals surface area contributed by atoms with Gasteiger partial charge in [0.2, 0.25) is 11.8 Å². The molecule has 4 rings (SSSR count). The molecular weight excluding hydrogens is 350 g/mol. The summed E-state index contributed by atoms with van der Waals surface area (Å²) in [6.07, 6.45) is 0.851. The fourth-order valence-corrected chi connectivity index (χ4v) is 3.53. The van der Waals surface area contributed by atoms with Crippen molar-refractivity contribution in [1.29, 1.82) is 0 Å². The monoisotopic (exact) mass is 369 g/mol. The minimum absolute atomic E-state index is 0.0564. The summed E-state index contributed by atoms with van der Waals surface area (Å²) in [7, 11) is 0. The van der Waals surface area contributed by atoms with Gasteiger partial charge in [-0.1, -0.05) is 48.0 Å². The summed E-state index contributed by atoms with van der Waals surface area (Å²) >= 11 is 6.17. The third kappa shape index (κ3) is 3.59. The standard InChI is InChI=1S/C20H20ClN3O2/c1-14-22-23-20(26-14)18-12-15-6-2-3-7-16(15)13-24(18)10-11-25-19-9-5-4-8-17(19)21/h2-9,18H,10-13H2,1H3. The van der Waals surface area contributed by atoms with Crippen LogP contribution in [0.1, 0.15) is 29.0 Å². The van der Waals surface area contributed by atoms with Crippen molar-refractivity contribution in [3.8, 4) is 5.75 Å². The number of hydrogen-bond acceptors (Lipinski definition) is 5. The number of ether oxygens (including phenoxy) is 1. The van der Waals surface area contributed by atoms with Gasteiger partial charge in [0, 0.05) is 20.0 Å². The van der Waals surface area contributed by atoms with Crippen LogP contribution in [-0.4, -0.2) is 28.2 Å². The van der Waals surface area contributed by atoms with Gasteiger partial charge in [0.05, 0.1) is 11.1 Å². The minimum atomic E-state index is 0.0564. The van der Waals surface area contributed by atoms with Crippen molar-refractivity contribution >= 4 is 11.6 Å². The molecule has 1 aliphatic heterocycles. The molecule has 0 saturated carbocycles. The van der Waals surface area contributed by atoms with Crippen LogP contribution < -0.4 is 4.74 Å². The Morgan fingerprint density at radius 2 is 1.88 bits per heavy atom. The largest absolute Gasteiger partial charge is 0.491 e. The van der Waals surface area contributed by atoms with Crippen molar-refractivity contribution in [2.24, 2.45) is 0 Å². The summed E-state index contributed by atoms with van der Waals surface area (Å²) in [5.74, 6) is 1.96. The molecule has 0 radical (unpaired) electrons. The van der Waals surface area contributed by atoms with Crippen LogP contribution in [-0.2, 0) is 13.0 Å². The third-order valence-corrected chi connectivity index (χ3v) is 4.96. The molecule has 3 aromatic rings. The number of halogens is 1. The van der Waals surface area contributed by atoms with Gasteiger partial charge in [0.15, 0.2) is 0 Å². The first-order valence-electron chi connectivity index (χ1n) is 8.69. The molecule has 0 N–H and O–H groups in total. The molecule has 5 nitrogen and oxygen atoms in total. The maximum atomic E-state index is 6.17. The molecule has 0 bridgehead atoms. The van der Waals surface area contributed by atoms with Gasteiger partial charge in [0.25, 0.3) is 0 Å². The highest BCUT2D eigenvalue weighted by molar-refractivity contribution is 6.32. The van der Waals surface area contributed by atoms with E-state index in [-0.39, 0.29) is 6.04 Å². The maximum Gasteiger partial charge on any atom is 0.233 e. The van der Waals surface area contributed by atoms with Crippen molar-refractivity contribution in [3.63, 3.8) is 0 Å². The molecule has 134 valence electrons. The highest BCUT2D eigenvalue weighted by Gasteiger charge is 2.30. The molecule has 2 aromatic carbocycles. The zero-order valence-corrected chi connectivity index (χ0v) is 15.3. The Morgan fingerprint density at radius 3 is 2.65 bits per heavy atom. The Morgan fingerprint density at radius 1 is 1.12 bits per heavy atom. The van der Waals surface area contributed by atoms with Crippen molar-refractivity contribution in [3.05, 3.63) is 76.5 Å². The number of para-hydroxylation sites is 1. The number of hydrogen-bond donors (Lipinski definition) is 0. The Kier molecular flexibility index (Phi) is 4.91. The smallest absolute Gasteiger partial charge is 0.233 e. The molecule has 1 unspecified atom stereocenters. The molecule has 0 saturated heterocycles. The lowest BCUT2D eigenvalue weighted by molar-refractivity contribution is 0.121. The van der Waals surface area contributed by atoms with Crippen molar-refractivity contribution in [2.45, 2.75) is 25.9 Å². The number of aromatic nitrogens is 2. The van der Waals surface area contributed by atoms with Gasteiger partial charge in [-0.2, -0.15) is 0 Å². The summed E-state index contributed by atoms with van der Waals surface area (Å²) in [6.45, 7) is 3.92. The topological polar surface area (TPSA) is 51.4 Å². The lowest BCUT2D eigenvalue weighted by atomic mass is 9.94. The maximum absolute atomic E-state index is 6.17. The van der Waals surface area contributed by atoms with Gasteiger partial charge in [0.1, 0.15) is 12.4 Å². The molecule has 1 aliphatic rings. The van der Waals surface area contributed by atoms with E-state index in [0.29, 0.717) is 29.2 Å². The van der Waals surface area contributed by atoms with E-state index in [0.717, 1.165) is 19.5 Å². The third-order valence-electron chi connectivity index (χ3n) is 4.65. The van der Waals surface area contributed by atoms with E-state index in [4.69, 9.17) is 20.8 Å². The summed E-state index contributed by atoms with van der Waals surface area (Å²) in [5, 5.41) is 8.88. The predicted octanol–water partition coefficient (Wildman–Crippen LogP) is 4.21. The van der Waals surface area contributed by atoms with E-state index in [1.54, 1.807) is 0 Å². The Hall–Kier alpha value is -2.37. The van der Waals surface area contributed by atoms with Gasteiger partial charge in [-0.25, -0.2) is 0 Å². The van der Waals surface area contributed by atoms with E-state index in [1.165, 1.54) is 11.1 Å². The van der Waals surface area contributed by atoms with Crippen molar-refractivity contribution in [1.82, 2.24) is 15.1 Å². The summed E-state index contributed by atoms with van der Waals surface area (Å²) in [6, 6.07) is 16.1. The van der Waals surface area contributed by atoms with E-state index >= 15 is 0 Å². The van der Waals surface area contributed by atoms with Crippen LogP contribution in [0.15, 0.2) is 52.9 Å². The first-order valence-corrected chi connectivity index (χ1v) is 9.06. The second-order valence-electron chi connectivity index (χ2n) is 6.40. The second kappa shape index (κ2) is 7.48. The van der Waals surface area contributed by atoms with Gasteiger partial charge in [-0.3, -0.25) is 4.90 Å². The number of fused-ring (bicyclic) bond motifs is 1. The van der Waals surface area contributed by atoms with Gasteiger partial charge in [-0.15, -0.1) is 10.2 Å². The average Bonchev–Trinajstić information content (AvgIpc) is 3.09. The zero-order chi connectivity index (χ0) is 17.9. The van der Waals surface area contributed by atoms with E-state index < -0.39 is 0 Å². The molecule has 0 spiro atoms. The summed E-state index contributed by atoms with van der Waals surface area (Å²) < 4.78 is 11.6. The van der Waals surface area contributed by atoms with Gasteiger partial charge in [-0.05, 0) is 29.7 Å². The van der Waals surface area contributed by atoms with Crippen LogP contribution in [0.25, 0.3) is 0 Å². The normalized spacial score (nSPS) is 17.1. The van der Waals surface area contributed by atoms with Crippen LogP contribution >= 0.6 is 11.6 Å². The molecule has 0 fully saturated rings. The first-order chi connectivity index (χ1) is 12.7. The van der Waals surface area contributed by atoms with Crippen LogP contribution in [0.2, 0.25) is 5.02 Å². The van der Waals surface area contributed by atoms with Gasteiger partial charge < -0.3 is 9.15 Å². The van der Waals surface area contributed by atoms with Crippen LogP contribution in [0.4, 0.5) is 0 Å². The van der Waals surface area contributed by atoms with Crippen LogP contribution in [0.5, 0.6) is 5.75 Å². The lowest BCUT2D eigenvalue weighted by Crippen LogP contribution is -2.37. The number of rotatable bonds is 5. The molecule has 0 aliphatic carbocycles. The minimum Gasteiger partial charge on any atom is -0.491 e. The molecular formula is C20H20ClN3O2.